The predicted molar refractivity (Wildman–Crippen MR) is 45.9 cm³/mol. The summed E-state index contributed by atoms with van der Waals surface area (Å²) in [7, 11) is -3.69. The number of rotatable bonds is 7. The zero-order chi connectivity index (χ0) is 10.3. The SMILES string of the molecule is CCOCCNS(=O)(=O)CC(=O)O. The Kier molecular flexibility index (Phi) is 5.60. The van der Waals surface area contributed by atoms with E-state index >= 15 is 0 Å². The van der Waals surface area contributed by atoms with Crippen LogP contribution in [-0.4, -0.2) is 45.0 Å². The van der Waals surface area contributed by atoms with Crippen LogP contribution in [0.5, 0.6) is 0 Å². The van der Waals surface area contributed by atoms with Gasteiger partial charge >= 0.3 is 5.97 Å². The Balaban J connectivity index is 3.71. The number of ether oxygens (including phenoxy) is 1. The van der Waals surface area contributed by atoms with E-state index in [0.717, 1.165) is 0 Å². The highest BCUT2D eigenvalue weighted by molar-refractivity contribution is 7.90. The first kappa shape index (κ1) is 12.3. The summed E-state index contributed by atoms with van der Waals surface area (Å²) >= 11 is 0. The lowest BCUT2D eigenvalue weighted by Gasteiger charge is -2.03. The van der Waals surface area contributed by atoms with Crippen molar-refractivity contribution in [3.8, 4) is 0 Å². The van der Waals surface area contributed by atoms with Crippen molar-refractivity contribution in [1.29, 1.82) is 0 Å². The summed E-state index contributed by atoms with van der Waals surface area (Å²) in [4.78, 5) is 10.1. The van der Waals surface area contributed by atoms with Crippen LogP contribution in [0.15, 0.2) is 0 Å². The number of carbonyl (C=O) groups is 1. The first-order valence-corrected chi connectivity index (χ1v) is 5.40. The summed E-state index contributed by atoms with van der Waals surface area (Å²) in [5.41, 5.74) is 0. The monoisotopic (exact) mass is 211 g/mol. The van der Waals surface area contributed by atoms with Crippen molar-refractivity contribution in [3.05, 3.63) is 0 Å². The van der Waals surface area contributed by atoms with Gasteiger partial charge in [-0.3, -0.25) is 4.79 Å². The van der Waals surface area contributed by atoms with Crippen molar-refractivity contribution in [3.63, 3.8) is 0 Å². The van der Waals surface area contributed by atoms with Gasteiger partial charge in [0.25, 0.3) is 0 Å². The minimum absolute atomic E-state index is 0.101. The number of aliphatic carboxylic acids is 1. The molecule has 0 aromatic heterocycles. The van der Waals surface area contributed by atoms with E-state index in [2.05, 4.69) is 4.72 Å². The van der Waals surface area contributed by atoms with Crippen LogP contribution in [0.3, 0.4) is 0 Å². The van der Waals surface area contributed by atoms with Gasteiger partial charge in [-0.1, -0.05) is 0 Å². The molecule has 78 valence electrons. The van der Waals surface area contributed by atoms with E-state index in [1.807, 2.05) is 0 Å². The van der Waals surface area contributed by atoms with Gasteiger partial charge in [-0.2, -0.15) is 0 Å². The molecule has 0 aromatic carbocycles. The number of nitrogens with one attached hydrogen (secondary N) is 1. The third-order valence-corrected chi connectivity index (χ3v) is 2.36. The van der Waals surface area contributed by atoms with E-state index in [1.165, 1.54) is 0 Å². The third-order valence-electron chi connectivity index (χ3n) is 1.09. The molecule has 6 nitrogen and oxygen atoms in total. The highest BCUT2D eigenvalue weighted by Gasteiger charge is 2.13. The average molecular weight is 211 g/mol. The molecule has 0 fully saturated rings. The van der Waals surface area contributed by atoms with Crippen LogP contribution in [-0.2, 0) is 19.6 Å². The Morgan fingerprint density at radius 1 is 1.54 bits per heavy atom. The van der Waals surface area contributed by atoms with Crippen LogP contribution in [0.2, 0.25) is 0 Å². The molecule has 0 saturated carbocycles. The van der Waals surface area contributed by atoms with E-state index in [1.54, 1.807) is 6.92 Å². The molecular weight excluding hydrogens is 198 g/mol. The summed E-state index contributed by atoms with van der Waals surface area (Å²) in [6.45, 7) is 2.63. The Morgan fingerprint density at radius 3 is 2.62 bits per heavy atom. The van der Waals surface area contributed by atoms with Gasteiger partial charge in [0.1, 0.15) is 0 Å². The molecular formula is C6H13NO5S. The number of carboxylic acid groups (broad SMARTS) is 1. The van der Waals surface area contributed by atoms with Crippen LogP contribution in [0.4, 0.5) is 0 Å². The lowest BCUT2D eigenvalue weighted by Crippen LogP contribution is -2.32. The third kappa shape index (κ3) is 7.69. The zero-order valence-electron chi connectivity index (χ0n) is 7.32. The Morgan fingerprint density at radius 2 is 2.15 bits per heavy atom. The standard InChI is InChI=1S/C6H13NO5S/c1-2-12-4-3-7-13(10,11)5-6(8)9/h7H,2-5H2,1H3,(H,8,9). The first-order chi connectivity index (χ1) is 5.98. The maximum absolute atomic E-state index is 10.9. The van der Waals surface area contributed by atoms with Crippen molar-refractivity contribution < 1.29 is 23.1 Å². The highest BCUT2D eigenvalue weighted by Crippen LogP contribution is 1.83. The second-order valence-corrected chi connectivity index (χ2v) is 4.05. The van der Waals surface area contributed by atoms with Crippen LogP contribution >= 0.6 is 0 Å². The van der Waals surface area contributed by atoms with Gasteiger partial charge < -0.3 is 9.84 Å². The molecule has 2 N–H and O–H groups in total. The summed E-state index contributed by atoms with van der Waals surface area (Å²) in [6, 6.07) is 0. The summed E-state index contributed by atoms with van der Waals surface area (Å²) in [5.74, 6) is -2.28. The minimum Gasteiger partial charge on any atom is -0.480 e. The highest BCUT2D eigenvalue weighted by atomic mass is 32.2. The molecule has 0 aliphatic carbocycles. The molecule has 0 amide bonds. The minimum atomic E-state index is -3.69. The molecule has 0 spiro atoms. The van der Waals surface area contributed by atoms with Crippen molar-refractivity contribution in [1.82, 2.24) is 4.72 Å². The van der Waals surface area contributed by atoms with Gasteiger partial charge in [0.15, 0.2) is 5.75 Å². The van der Waals surface area contributed by atoms with Gasteiger partial charge in [-0.15, -0.1) is 0 Å². The van der Waals surface area contributed by atoms with Crippen LogP contribution in [0.1, 0.15) is 6.92 Å². The lowest BCUT2D eigenvalue weighted by atomic mass is 10.7. The van der Waals surface area contributed by atoms with Gasteiger partial charge in [-0.05, 0) is 6.92 Å². The van der Waals surface area contributed by atoms with E-state index in [-0.39, 0.29) is 13.2 Å². The molecule has 0 rings (SSSR count). The van der Waals surface area contributed by atoms with Gasteiger partial charge in [0, 0.05) is 13.2 Å². The predicted octanol–water partition coefficient (Wildman–Crippen LogP) is -0.973. The van der Waals surface area contributed by atoms with Gasteiger partial charge in [-0.25, -0.2) is 13.1 Å². The van der Waals surface area contributed by atoms with Crippen LogP contribution < -0.4 is 4.72 Å². The van der Waals surface area contributed by atoms with Crippen LogP contribution in [0, 0.1) is 0 Å². The molecule has 0 aliphatic heterocycles. The maximum atomic E-state index is 10.9. The smallest absolute Gasteiger partial charge is 0.320 e. The first-order valence-electron chi connectivity index (χ1n) is 3.75. The van der Waals surface area contributed by atoms with Crippen molar-refractivity contribution >= 4 is 16.0 Å². The Hall–Kier alpha value is -0.660. The molecule has 0 radical (unpaired) electrons. The summed E-state index contributed by atoms with van der Waals surface area (Å²) in [6.07, 6.45) is 0. The fourth-order valence-electron chi connectivity index (χ4n) is 0.627. The van der Waals surface area contributed by atoms with Crippen LogP contribution in [0.25, 0.3) is 0 Å². The second kappa shape index (κ2) is 5.90. The van der Waals surface area contributed by atoms with Crippen molar-refractivity contribution in [2.24, 2.45) is 0 Å². The topological polar surface area (TPSA) is 92.7 Å². The van der Waals surface area contributed by atoms with E-state index < -0.39 is 21.7 Å². The van der Waals surface area contributed by atoms with E-state index in [4.69, 9.17) is 9.84 Å². The van der Waals surface area contributed by atoms with Gasteiger partial charge in [0.2, 0.25) is 10.0 Å². The summed E-state index contributed by atoms with van der Waals surface area (Å²) < 4.78 is 28.7. The number of hydrogen-bond donors (Lipinski definition) is 2. The molecule has 0 heterocycles. The molecule has 7 heteroatoms. The largest absolute Gasteiger partial charge is 0.480 e. The zero-order valence-corrected chi connectivity index (χ0v) is 8.13. The maximum Gasteiger partial charge on any atom is 0.320 e. The number of hydrogen-bond acceptors (Lipinski definition) is 4. The van der Waals surface area contributed by atoms with E-state index in [0.29, 0.717) is 6.61 Å². The average Bonchev–Trinajstić information content (AvgIpc) is 1.95. The fourth-order valence-corrected chi connectivity index (χ4v) is 1.45. The van der Waals surface area contributed by atoms with Gasteiger partial charge in [0.05, 0.1) is 6.61 Å². The molecule has 0 bridgehead atoms. The molecule has 0 saturated heterocycles. The molecule has 0 unspecified atom stereocenters. The Bertz CT molecular complexity index is 248. The molecule has 0 aromatic rings. The Labute approximate surface area is 76.9 Å². The summed E-state index contributed by atoms with van der Waals surface area (Å²) in [5, 5.41) is 8.20. The fraction of sp³-hybridized carbons (Fsp3) is 0.833. The molecule has 13 heavy (non-hydrogen) atoms. The normalized spacial score (nSPS) is 11.5. The quantitative estimate of drug-likeness (QED) is 0.528. The van der Waals surface area contributed by atoms with Crippen molar-refractivity contribution in [2.75, 3.05) is 25.5 Å². The number of sulfonamides is 1. The molecule has 0 atom stereocenters. The number of carboxylic acids is 1. The van der Waals surface area contributed by atoms with Crippen molar-refractivity contribution in [2.45, 2.75) is 6.92 Å². The lowest BCUT2D eigenvalue weighted by molar-refractivity contribution is -0.134. The molecule has 0 aliphatic rings. The van der Waals surface area contributed by atoms with E-state index in [9.17, 15) is 13.2 Å². The second-order valence-electron chi connectivity index (χ2n) is 2.24.